The van der Waals surface area contributed by atoms with Crippen LogP contribution in [0.1, 0.15) is 17.3 Å². The molecule has 0 fully saturated rings. The number of benzene rings is 1. The summed E-state index contributed by atoms with van der Waals surface area (Å²) in [6.45, 7) is 0. The number of aromatic nitrogens is 1. The van der Waals surface area contributed by atoms with E-state index >= 15 is 0 Å². The summed E-state index contributed by atoms with van der Waals surface area (Å²) in [5.41, 5.74) is 4.97. The summed E-state index contributed by atoms with van der Waals surface area (Å²) in [4.78, 5) is 4.32. The van der Waals surface area contributed by atoms with E-state index in [0.29, 0.717) is 0 Å². The Balaban J connectivity index is 2.23. The molecule has 1 unspecified atom stereocenters. The van der Waals surface area contributed by atoms with Gasteiger partial charge in [-0.1, -0.05) is 44.0 Å². The van der Waals surface area contributed by atoms with E-state index < -0.39 is 0 Å². The second-order valence-corrected chi connectivity index (χ2v) is 5.68. The van der Waals surface area contributed by atoms with Crippen molar-refractivity contribution in [3.8, 4) is 0 Å². The van der Waals surface area contributed by atoms with Gasteiger partial charge in [-0.3, -0.25) is 16.3 Å². The first-order valence-electron chi connectivity index (χ1n) is 5.51. The van der Waals surface area contributed by atoms with Crippen molar-refractivity contribution in [2.24, 2.45) is 5.84 Å². The van der Waals surface area contributed by atoms with Gasteiger partial charge in [-0.05, 0) is 29.8 Å². The van der Waals surface area contributed by atoms with Gasteiger partial charge >= 0.3 is 0 Å². The third-order valence-electron chi connectivity index (χ3n) is 2.68. The molecule has 0 radical (unpaired) electrons. The molecule has 2 aromatic rings. The van der Waals surface area contributed by atoms with Gasteiger partial charge in [0.2, 0.25) is 0 Å². The minimum atomic E-state index is 0.0300. The Bertz CT molecular complexity index is 517. The molecule has 3 nitrogen and oxygen atoms in total. The van der Waals surface area contributed by atoms with Crippen molar-refractivity contribution in [1.29, 1.82) is 0 Å². The Kier molecular flexibility index (Phi) is 4.88. The van der Waals surface area contributed by atoms with Crippen LogP contribution in [0.25, 0.3) is 0 Å². The predicted molar refractivity (Wildman–Crippen MR) is 79.8 cm³/mol. The van der Waals surface area contributed by atoms with Crippen LogP contribution < -0.4 is 11.3 Å². The standard InChI is InChI=1S/C13H13Br2N3/c14-9-4-5-11(12(15)7-9)13(18-16)8-10-3-1-2-6-17-10/h1-7,13,18H,8,16H2. The normalized spacial score (nSPS) is 12.4. The molecule has 18 heavy (non-hydrogen) atoms. The lowest BCUT2D eigenvalue weighted by molar-refractivity contribution is 0.544. The zero-order valence-electron chi connectivity index (χ0n) is 9.61. The number of hydrogen-bond donors (Lipinski definition) is 2. The molecule has 0 amide bonds. The van der Waals surface area contributed by atoms with Crippen LogP contribution in [0, 0.1) is 0 Å². The van der Waals surface area contributed by atoms with Gasteiger partial charge in [-0.25, -0.2) is 0 Å². The van der Waals surface area contributed by atoms with E-state index in [1.807, 2.05) is 36.4 Å². The maximum Gasteiger partial charge on any atom is 0.0526 e. The molecule has 1 heterocycles. The molecule has 0 spiro atoms. The van der Waals surface area contributed by atoms with Crippen LogP contribution in [0.5, 0.6) is 0 Å². The smallest absolute Gasteiger partial charge is 0.0526 e. The average molecular weight is 371 g/mol. The lowest BCUT2D eigenvalue weighted by atomic mass is 10.0. The Labute approximate surface area is 123 Å². The van der Waals surface area contributed by atoms with Crippen molar-refractivity contribution in [2.45, 2.75) is 12.5 Å². The Morgan fingerprint density at radius 2 is 2.06 bits per heavy atom. The Hall–Kier alpha value is -0.750. The van der Waals surface area contributed by atoms with E-state index in [2.05, 4.69) is 42.3 Å². The molecule has 1 atom stereocenters. The summed E-state index contributed by atoms with van der Waals surface area (Å²) in [5, 5.41) is 0. The van der Waals surface area contributed by atoms with Crippen LogP contribution in [0.3, 0.4) is 0 Å². The van der Waals surface area contributed by atoms with Crippen molar-refractivity contribution >= 4 is 31.9 Å². The molecule has 1 aromatic carbocycles. The van der Waals surface area contributed by atoms with Crippen LogP contribution in [0.15, 0.2) is 51.5 Å². The highest BCUT2D eigenvalue weighted by molar-refractivity contribution is 9.11. The van der Waals surface area contributed by atoms with Gasteiger partial charge in [-0.15, -0.1) is 0 Å². The highest BCUT2D eigenvalue weighted by atomic mass is 79.9. The van der Waals surface area contributed by atoms with E-state index in [4.69, 9.17) is 5.84 Å². The summed E-state index contributed by atoms with van der Waals surface area (Å²) in [7, 11) is 0. The molecule has 5 heteroatoms. The SMILES string of the molecule is NNC(Cc1ccccn1)c1ccc(Br)cc1Br. The van der Waals surface area contributed by atoms with Gasteiger partial charge in [0.15, 0.2) is 0 Å². The fourth-order valence-electron chi connectivity index (χ4n) is 1.77. The third-order valence-corrected chi connectivity index (χ3v) is 3.86. The number of halogens is 2. The molecule has 3 N–H and O–H groups in total. The number of rotatable bonds is 4. The monoisotopic (exact) mass is 369 g/mol. The number of pyridine rings is 1. The summed E-state index contributed by atoms with van der Waals surface area (Å²) >= 11 is 7.00. The number of nitrogens with one attached hydrogen (secondary N) is 1. The second-order valence-electron chi connectivity index (χ2n) is 3.91. The van der Waals surface area contributed by atoms with Crippen molar-refractivity contribution in [1.82, 2.24) is 10.4 Å². The molecule has 94 valence electrons. The van der Waals surface area contributed by atoms with Crippen LogP contribution in [-0.2, 0) is 6.42 Å². The van der Waals surface area contributed by atoms with Gasteiger partial charge in [-0.2, -0.15) is 0 Å². The minimum Gasteiger partial charge on any atom is -0.271 e. The predicted octanol–water partition coefficient (Wildman–Crippen LogP) is 3.35. The molecule has 0 saturated carbocycles. The van der Waals surface area contributed by atoms with E-state index in [-0.39, 0.29) is 6.04 Å². The fourth-order valence-corrected chi connectivity index (χ4v) is 3.09. The van der Waals surface area contributed by atoms with Crippen molar-refractivity contribution in [3.05, 3.63) is 62.8 Å². The van der Waals surface area contributed by atoms with Crippen LogP contribution in [-0.4, -0.2) is 4.98 Å². The van der Waals surface area contributed by atoms with E-state index in [1.165, 1.54) is 0 Å². The maximum absolute atomic E-state index is 5.65. The molecule has 0 aliphatic carbocycles. The average Bonchev–Trinajstić information content (AvgIpc) is 2.38. The van der Waals surface area contributed by atoms with Crippen molar-refractivity contribution in [3.63, 3.8) is 0 Å². The highest BCUT2D eigenvalue weighted by Gasteiger charge is 2.14. The van der Waals surface area contributed by atoms with E-state index in [1.54, 1.807) is 6.20 Å². The molecule has 2 rings (SSSR count). The first-order chi connectivity index (χ1) is 8.70. The van der Waals surface area contributed by atoms with Crippen LogP contribution in [0.2, 0.25) is 0 Å². The Morgan fingerprint density at radius 1 is 1.22 bits per heavy atom. The first kappa shape index (κ1) is 13.7. The van der Waals surface area contributed by atoms with E-state index in [9.17, 15) is 0 Å². The van der Waals surface area contributed by atoms with Crippen LogP contribution >= 0.6 is 31.9 Å². The number of hydrogen-bond acceptors (Lipinski definition) is 3. The minimum absolute atomic E-state index is 0.0300. The quantitative estimate of drug-likeness (QED) is 0.640. The molecule has 0 saturated heterocycles. The lowest BCUT2D eigenvalue weighted by Crippen LogP contribution is -2.30. The fraction of sp³-hybridized carbons (Fsp3) is 0.154. The molecule has 0 bridgehead atoms. The first-order valence-corrected chi connectivity index (χ1v) is 7.10. The largest absolute Gasteiger partial charge is 0.271 e. The van der Waals surface area contributed by atoms with Crippen molar-refractivity contribution in [2.75, 3.05) is 0 Å². The topological polar surface area (TPSA) is 50.9 Å². The Morgan fingerprint density at radius 3 is 2.67 bits per heavy atom. The lowest BCUT2D eigenvalue weighted by Gasteiger charge is -2.17. The molecular formula is C13H13Br2N3. The summed E-state index contributed by atoms with van der Waals surface area (Å²) in [5.74, 6) is 5.65. The molecular weight excluding hydrogens is 358 g/mol. The number of hydrazine groups is 1. The maximum atomic E-state index is 5.65. The summed E-state index contributed by atoms with van der Waals surface area (Å²) in [6, 6.07) is 12.0. The van der Waals surface area contributed by atoms with E-state index in [0.717, 1.165) is 26.6 Å². The summed E-state index contributed by atoms with van der Waals surface area (Å²) in [6.07, 6.45) is 2.54. The van der Waals surface area contributed by atoms with Gasteiger partial charge < -0.3 is 0 Å². The van der Waals surface area contributed by atoms with Gasteiger partial charge in [0, 0.05) is 27.3 Å². The summed E-state index contributed by atoms with van der Waals surface area (Å²) < 4.78 is 2.06. The zero-order chi connectivity index (χ0) is 13.0. The number of nitrogens with zero attached hydrogens (tertiary/aromatic N) is 1. The highest BCUT2D eigenvalue weighted by Crippen LogP contribution is 2.28. The molecule has 0 aliphatic heterocycles. The van der Waals surface area contributed by atoms with Gasteiger partial charge in [0.1, 0.15) is 0 Å². The zero-order valence-corrected chi connectivity index (χ0v) is 12.8. The second kappa shape index (κ2) is 6.43. The van der Waals surface area contributed by atoms with Gasteiger partial charge in [0.05, 0.1) is 6.04 Å². The van der Waals surface area contributed by atoms with Crippen LogP contribution in [0.4, 0.5) is 0 Å². The molecule has 0 aliphatic rings. The third kappa shape index (κ3) is 3.38. The van der Waals surface area contributed by atoms with Crippen molar-refractivity contribution < 1.29 is 0 Å². The van der Waals surface area contributed by atoms with Gasteiger partial charge in [0.25, 0.3) is 0 Å². The molecule has 1 aromatic heterocycles. The number of nitrogens with two attached hydrogens (primary N) is 1.